The van der Waals surface area contributed by atoms with Gasteiger partial charge in [0.05, 0.1) is 37.3 Å². The van der Waals surface area contributed by atoms with Gasteiger partial charge in [-0.3, -0.25) is 4.79 Å². The summed E-state index contributed by atoms with van der Waals surface area (Å²) in [5.74, 6) is 2.28. The molecular formula is C23H31N6O2+. The average Bonchev–Trinajstić information content (AvgIpc) is 3.47. The van der Waals surface area contributed by atoms with E-state index >= 15 is 0 Å². The highest BCUT2D eigenvalue weighted by Crippen LogP contribution is 2.31. The molecule has 2 aliphatic rings. The Kier molecular flexibility index (Phi) is 5.48. The van der Waals surface area contributed by atoms with Crippen molar-refractivity contribution in [3.05, 3.63) is 46.0 Å². The van der Waals surface area contributed by atoms with E-state index in [0.717, 1.165) is 72.7 Å². The number of nitrogens with one attached hydrogen (secondary N) is 2. The lowest BCUT2D eigenvalue weighted by Crippen LogP contribution is -3.13. The molecule has 1 aromatic carbocycles. The second-order valence-corrected chi connectivity index (χ2v) is 9.20. The number of H-pyrrole nitrogens is 1. The number of hydrogen-bond acceptors (Lipinski definition) is 5. The van der Waals surface area contributed by atoms with Crippen molar-refractivity contribution < 1.29 is 9.64 Å². The number of quaternary nitrogens is 1. The molecule has 1 atom stereocenters. The Morgan fingerprint density at radius 3 is 2.68 bits per heavy atom. The molecule has 31 heavy (non-hydrogen) atoms. The number of hydrogen-bond donors (Lipinski definition) is 2. The number of rotatable bonds is 5. The highest BCUT2D eigenvalue weighted by Gasteiger charge is 2.37. The van der Waals surface area contributed by atoms with Gasteiger partial charge in [-0.15, -0.1) is 5.10 Å². The zero-order valence-electron chi connectivity index (χ0n) is 18.3. The van der Waals surface area contributed by atoms with Crippen molar-refractivity contribution in [2.75, 3.05) is 20.2 Å². The topological polar surface area (TPSA) is 90.1 Å². The highest BCUT2D eigenvalue weighted by molar-refractivity contribution is 5.80. The molecule has 2 aromatic heterocycles. The second-order valence-electron chi connectivity index (χ2n) is 9.20. The first-order chi connectivity index (χ1) is 15.1. The number of aromatic amines is 1. The fourth-order valence-corrected chi connectivity index (χ4v) is 5.30. The van der Waals surface area contributed by atoms with E-state index in [2.05, 4.69) is 27.4 Å². The zero-order valence-corrected chi connectivity index (χ0v) is 18.3. The SMILES string of the molecule is COc1ccc2cc([C@@H](c3nnnn3C3CCCC3)[NH+]3CCC(C)CC3)c(=O)[nH]c2c1. The molecule has 1 aliphatic heterocycles. The minimum atomic E-state index is -0.168. The molecule has 1 saturated carbocycles. The lowest BCUT2D eigenvalue weighted by Gasteiger charge is -2.33. The number of benzene rings is 1. The summed E-state index contributed by atoms with van der Waals surface area (Å²) < 4.78 is 7.33. The standard InChI is InChI=1S/C23H30N6O2/c1-15-9-11-28(12-10-15)21(22-25-26-27-29(22)17-5-3-4-6-17)19-13-16-7-8-18(31-2)14-20(16)24-23(19)30/h7-8,13-15,17,21H,3-6,9-12H2,1-2H3,(H,24,30)/p+1/t21-/m0/s1. The van der Waals surface area contributed by atoms with Crippen LogP contribution in [0.2, 0.25) is 0 Å². The number of fused-ring (bicyclic) bond motifs is 1. The van der Waals surface area contributed by atoms with Crippen LogP contribution in [0.3, 0.4) is 0 Å². The van der Waals surface area contributed by atoms with E-state index in [1.54, 1.807) is 7.11 Å². The number of methoxy groups -OCH3 is 1. The van der Waals surface area contributed by atoms with E-state index in [1.807, 2.05) is 28.9 Å². The Labute approximate surface area is 181 Å². The van der Waals surface area contributed by atoms with Crippen LogP contribution in [0.4, 0.5) is 0 Å². The van der Waals surface area contributed by atoms with Gasteiger partial charge >= 0.3 is 0 Å². The van der Waals surface area contributed by atoms with Crippen molar-refractivity contribution in [3.8, 4) is 5.75 Å². The fraction of sp³-hybridized carbons (Fsp3) is 0.565. The molecule has 2 N–H and O–H groups in total. The maximum Gasteiger partial charge on any atom is 0.258 e. The fourth-order valence-electron chi connectivity index (χ4n) is 5.30. The molecule has 5 rings (SSSR count). The van der Waals surface area contributed by atoms with Crippen LogP contribution >= 0.6 is 0 Å². The van der Waals surface area contributed by atoms with Gasteiger partial charge in [-0.1, -0.05) is 19.8 Å². The van der Waals surface area contributed by atoms with Gasteiger partial charge in [-0.25, -0.2) is 4.68 Å². The molecule has 164 valence electrons. The van der Waals surface area contributed by atoms with E-state index in [1.165, 1.54) is 17.7 Å². The summed E-state index contributed by atoms with van der Waals surface area (Å²) >= 11 is 0. The lowest BCUT2D eigenvalue weighted by atomic mass is 9.95. The Morgan fingerprint density at radius 1 is 1.16 bits per heavy atom. The summed E-state index contributed by atoms with van der Waals surface area (Å²) in [6.45, 7) is 4.34. The van der Waals surface area contributed by atoms with Crippen LogP contribution in [0, 0.1) is 5.92 Å². The molecule has 8 nitrogen and oxygen atoms in total. The first-order valence-electron chi connectivity index (χ1n) is 11.5. The van der Waals surface area contributed by atoms with Gasteiger partial charge in [0.25, 0.3) is 5.56 Å². The third-order valence-electron chi connectivity index (χ3n) is 7.16. The van der Waals surface area contributed by atoms with Crippen molar-refractivity contribution in [2.45, 2.75) is 57.5 Å². The van der Waals surface area contributed by atoms with Crippen LogP contribution in [0.5, 0.6) is 5.75 Å². The highest BCUT2D eigenvalue weighted by atomic mass is 16.5. The Morgan fingerprint density at radius 2 is 1.94 bits per heavy atom. The van der Waals surface area contributed by atoms with Crippen LogP contribution < -0.4 is 15.2 Å². The van der Waals surface area contributed by atoms with Crippen LogP contribution in [0.15, 0.2) is 29.1 Å². The number of aromatic nitrogens is 5. The van der Waals surface area contributed by atoms with Gasteiger partial charge in [0.1, 0.15) is 5.75 Å². The Hall–Kier alpha value is -2.74. The number of tetrazole rings is 1. The van der Waals surface area contributed by atoms with Crippen LogP contribution in [-0.2, 0) is 0 Å². The molecule has 3 heterocycles. The molecule has 2 fully saturated rings. The molecule has 3 aromatic rings. The van der Waals surface area contributed by atoms with Crippen LogP contribution in [0.25, 0.3) is 10.9 Å². The summed E-state index contributed by atoms with van der Waals surface area (Å²) in [5.41, 5.74) is 1.46. The van der Waals surface area contributed by atoms with E-state index in [-0.39, 0.29) is 11.6 Å². The van der Waals surface area contributed by atoms with E-state index in [9.17, 15) is 4.79 Å². The monoisotopic (exact) mass is 423 g/mol. The van der Waals surface area contributed by atoms with Gasteiger partial charge in [0.2, 0.25) is 5.82 Å². The van der Waals surface area contributed by atoms with Crippen molar-refractivity contribution >= 4 is 10.9 Å². The molecule has 0 bridgehead atoms. The normalized spacial score (nSPS) is 23.3. The molecule has 1 aliphatic carbocycles. The third-order valence-corrected chi connectivity index (χ3v) is 7.16. The van der Waals surface area contributed by atoms with Crippen molar-refractivity contribution in [3.63, 3.8) is 0 Å². The largest absolute Gasteiger partial charge is 0.497 e. The lowest BCUT2D eigenvalue weighted by molar-refractivity contribution is -0.932. The molecule has 1 saturated heterocycles. The molecular weight excluding hydrogens is 392 g/mol. The molecule has 0 unspecified atom stereocenters. The molecule has 0 amide bonds. The summed E-state index contributed by atoms with van der Waals surface area (Å²) in [4.78, 5) is 17.8. The van der Waals surface area contributed by atoms with Gasteiger partial charge in [-0.05, 0) is 65.6 Å². The maximum absolute atomic E-state index is 13.3. The van der Waals surface area contributed by atoms with E-state index in [0.29, 0.717) is 6.04 Å². The minimum Gasteiger partial charge on any atom is -0.497 e. The van der Waals surface area contributed by atoms with Gasteiger partial charge in [-0.2, -0.15) is 0 Å². The predicted molar refractivity (Wildman–Crippen MR) is 117 cm³/mol. The molecule has 8 heteroatoms. The average molecular weight is 424 g/mol. The van der Waals surface area contributed by atoms with Crippen molar-refractivity contribution in [2.24, 2.45) is 5.92 Å². The van der Waals surface area contributed by atoms with Crippen molar-refractivity contribution in [1.29, 1.82) is 0 Å². The van der Waals surface area contributed by atoms with Gasteiger partial charge < -0.3 is 14.6 Å². The Bertz CT molecular complexity index is 1110. The number of piperidine rings is 1. The summed E-state index contributed by atoms with van der Waals surface area (Å²) in [6.07, 6.45) is 6.93. The summed E-state index contributed by atoms with van der Waals surface area (Å²) in [7, 11) is 1.63. The Balaban J connectivity index is 1.62. The third kappa shape index (κ3) is 3.84. The predicted octanol–water partition coefficient (Wildman–Crippen LogP) is 2.04. The number of nitrogens with zero attached hydrogens (tertiary/aromatic N) is 4. The number of likely N-dealkylation sites (tertiary alicyclic amines) is 1. The summed E-state index contributed by atoms with van der Waals surface area (Å²) in [6, 6.07) is 7.98. The van der Waals surface area contributed by atoms with Crippen molar-refractivity contribution in [1.82, 2.24) is 25.2 Å². The molecule has 0 radical (unpaired) electrons. The smallest absolute Gasteiger partial charge is 0.258 e. The minimum absolute atomic E-state index is 0.0714. The van der Waals surface area contributed by atoms with E-state index in [4.69, 9.17) is 4.74 Å². The van der Waals surface area contributed by atoms with Gasteiger partial charge in [0, 0.05) is 6.07 Å². The van der Waals surface area contributed by atoms with Crippen LogP contribution in [0.1, 0.15) is 68.9 Å². The van der Waals surface area contributed by atoms with Crippen LogP contribution in [-0.4, -0.2) is 45.4 Å². The second kappa shape index (κ2) is 8.42. The van der Waals surface area contributed by atoms with E-state index < -0.39 is 0 Å². The first-order valence-corrected chi connectivity index (χ1v) is 11.5. The molecule has 0 spiro atoms. The number of ether oxygens (including phenoxy) is 1. The quantitative estimate of drug-likeness (QED) is 0.656. The first kappa shape index (κ1) is 20.2. The number of pyridine rings is 1. The maximum atomic E-state index is 13.3. The zero-order chi connectivity index (χ0) is 21.4. The van der Waals surface area contributed by atoms with Gasteiger partial charge in [0.15, 0.2) is 6.04 Å². The summed E-state index contributed by atoms with van der Waals surface area (Å²) in [5, 5.41) is 13.9.